The number of piperazine rings is 1. The molecular formula is C17H26N2O4. The van der Waals surface area contributed by atoms with Crippen LogP contribution in [0.2, 0.25) is 0 Å². The second-order valence-corrected chi connectivity index (χ2v) is 5.69. The van der Waals surface area contributed by atoms with Crippen molar-refractivity contribution in [1.82, 2.24) is 9.80 Å². The number of esters is 1. The van der Waals surface area contributed by atoms with E-state index in [4.69, 9.17) is 14.2 Å². The molecule has 0 N–H and O–H groups in total. The molecule has 128 valence electrons. The summed E-state index contributed by atoms with van der Waals surface area (Å²) >= 11 is 0. The van der Waals surface area contributed by atoms with E-state index < -0.39 is 0 Å². The van der Waals surface area contributed by atoms with Gasteiger partial charge in [0.15, 0.2) is 0 Å². The molecular weight excluding hydrogens is 296 g/mol. The zero-order valence-electron chi connectivity index (χ0n) is 14.4. The second kappa shape index (κ2) is 8.17. The van der Waals surface area contributed by atoms with Crippen molar-refractivity contribution in [3.63, 3.8) is 0 Å². The predicted molar refractivity (Wildman–Crippen MR) is 87.9 cm³/mol. The molecule has 2 rings (SSSR count). The predicted octanol–water partition coefficient (Wildman–Crippen LogP) is 1.38. The second-order valence-electron chi connectivity index (χ2n) is 5.69. The summed E-state index contributed by atoms with van der Waals surface area (Å²) in [5, 5.41) is 0. The molecule has 0 spiro atoms. The molecule has 6 nitrogen and oxygen atoms in total. The first-order valence-corrected chi connectivity index (χ1v) is 7.84. The van der Waals surface area contributed by atoms with Crippen LogP contribution in [0.1, 0.15) is 12.5 Å². The molecule has 0 aliphatic carbocycles. The van der Waals surface area contributed by atoms with Crippen LogP contribution in [0.15, 0.2) is 18.2 Å². The van der Waals surface area contributed by atoms with Crippen LogP contribution in [0.3, 0.4) is 0 Å². The number of carbonyl (C=O) groups is 1. The Labute approximate surface area is 137 Å². The lowest BCUT2D eigenvalue weighted by Crippen LogP contribution is -2.51. The van der Waals surface area contributed by atoms with E-state index in [0.29, 0.717) is 0 Å². The van der Waals surface area contributed by atoms with Crippen molar-refractivity contribution < 1.29 is 19.0 Å². The van der Waals surface area contributed by atoms with Gasteiger partial charge in [0.25, 0.3) is 0 Å². The summed E-state index contributed by atoms with van der Waals surface area (Å²) in [6.07, 6.45) is 0. The van der Waals surface area contributed by atoms with Gasteiger partial charge in [0.05, 0.1) is 21.3 Å². The number of carbonyl (C=O) groups excluding carboxylic acids is 1. The zero-order chi connectivity index (χ0) is 16.8. The van der Waals surface area contributed by atoms with Crippen LogP contribution in [-0.2, 0) is 16.1 Å². The molecule has 6 heteroatoms. The fraction of sp³-hybridized carbons (Fsp3) is 0.588. The van der Waals surface area contributed by atoms with Crippen LogP contribution in [0.25, 0.3) is 0 Å². The fourth-order valence-corrected chi connectivity index (χ4v) is 2.87. The number of ether oxygens (including phenoxy) is 3. The summed E-state index contributed by atoms with van der Waals surface area (Å²) in [5.74, 6) is 1.53. The Balaban J connectivity index is 1.95. The lowest BCUT2D eigenvalue weighted by atomic mass is 10.1. The Kier molecular flexibility index (Phi) is 6.24. The summed E-state index contributed by atoms with van der Waals surface area (Å²) in [5.41, 5.74) is 1.11. The normalized spacial score (nSPS) is 17.6. The van der Waals surface area contributed by atoms with Crippen molar-refractivity contribution in [2.75, 3.05) is 47.5 Å². The fourth-order valence-electron chi connectivity index (χ4n) is 2.87. The monoisotopic (exact) mass is 322 g/mol. The molecule has 1 aromatic carbocycles. The third-order valence-corrected chi connectivity index (χ3v) is 4.38. The highest BCUT2D eigenvalue weighted by Gasteiger charge is 2.26. The maximum atomic E-state index is 11.6. The minimum absolute atomic E-state index is 0.173. The van der Waals surface area contributed by atoms with Gasteiger partial charge in [-0.15, -0.1) is 0 Å². The van der Waals surface area contributed by atoms with Crippen LogP contribution < -0.4 is 9.47 Å². The molecule has 1 heterocycles. The average Bonchev–Trinajstić information content (AvgIpc) is 2.61. The minimum atomic E-state index is -0.187. The highest BCUT2D eigenvalue weighted by atomic mass is 16.5. The van der Waals surface area contributed by atoms with Crippen LogP contribution >= 0.6 is 0 Å². The van der Waals surface area contributed by atoms with Crippen molar-refractivity contribution in [2.24, 2.45) is 0 Å². The number of nitrogens with zero attached hydrogens (tertiary/aromatic N) is 2. The van der Waals surface area contributed by atoms with E-state index in [-0.39, 0.29) is 12.0 Å². The van der Waals surface area contributed by atoms with E-state index in [1.807, 2.05) is 25.1 Å². The third-order valence-electron chi connectivity index (χ3n) is 4.38. The van der Waals surface area contributed by atoms with E-state index in [1.165, 1.54) is 7.11 Å². The van der Waals surface area contributed by atoms with Crippen molar-refractivity contribution in [1.29, 1.82) is 0 Å². The summed E-state index contributed by atoms with van der Waals surface area (Å²) < 4.78 is 15.6. The van der Waals surface area contributed by atoms with Crippen molar-refractivity contribution in [3.8, 4) is 11.5 Å². The number of rotatable bonds is 6. The van der Waals surface area contributed by atoms with E-state index in [1.54, 1.807) is 14.2 Å². The molecule has 1 saturated heterocycles. The Morgan fingerprint density at radius 3 is 2.39 bits per heavy atom. The lowest BCUT2D eigenvalue weighted by molar-refractivity contribution is -0.147. The van der Waals surface area contributed by atoms with Gasteiger partial charge >= 0.3 is 5.97 Å². The van der Waals surface area contributed by atoms with Gasteiger partial charge in [-0.2, -0.15) is 0 Å². The van der Waals surface area contributed by atoms with Gasteiger partial charge in [-0.3, -0.25) is 14.6 Å². The molecule has 1 aromatic rings. The van der Waals surface area contributed by atoms with Gasteiger partial charge in [0.2, 0.25) is 0 Å². The highest BCUT2D eigenvalue weighted by Crippen LogP contribution is 2.25. The quantitative estimate of drug-likeness (QED) is 0.738. The van der Waals surface area contributed by atoms with Crippen LogP contribution in [0.5, 0.6) is 11.5 Å². The molecule has 0 aromatic heterocycles. The molecule has 23 heavy (non-hydrogen) atoms. The smallest absolute Gasteiger partial charge is 0.322 e. The van der Waals surface area contributed by atoms with Crippen molar-refractivity contribution in [3.05, 3.63) is 23.8 Å². The van der Waals surface area contributed by atoms with Gasteiger partial charge in [-0.05, 0) is 25.1 Å². The van der Waals surface area contributed by atoms with Crippen LogP contribution in [0, 0.1) is 0 Å². The van der Waals surface area contributed by atoms with Crippen molar-refractivity contribution in [2.45, 2.75) is 19.5 Å². The maximum Gasteiger partial charge on any atom is 0.322 e. The van der Waals surface area contributed by atoms with Crippen LogP contribution in [-0.4, -0.2) is 69.3 Å². The number of hydrogen-bond acceptors (Lipinski definition) is 6. The van der Waals surface area contributed by atoms with Crippen molar-refractivity contribution >= 4 is 5.97 Å². The SMILES string of the molecule is COC(=O)[C@@H](C)N1CCN(Cc2cc(OC)ccc2OC)CC1. The standard InChI is InChI=1S/C17H26N2O4/c1-13(17(20)23-4)19-9-7-18(8-10-19)12-14-11-15(21-2)5-6-16(14)22-3/h5-6,11,13H,7-10,12H2,1-4H3/t13-/m1/s1. The largest absolute Gasteiger partial charge is 0.497 e. The highest BCUT2D eigenvalue weighted by molar-refractivity contribution is 5.75. The molecule has 0 unspecified atom stereocenters. The first-order valence-electron chi connectivity index (χ1n) is 7.84. The number of hydrogen-bond donors (Lipinski definition) is 0. The Hall–Kier alpha value is -1.79. The maximum absolute atomic E-state index is 11.6. The summed E-state index contributed by atoms with van der Waals surface area (Å²) in [4.78, 5) is 16.1. The molecule has 0 radical (unpaired) electrons. The average molecular weight is 322 g/mol. The van der Waals surface area contributed by atoms with E-state index in [0.717, 1.165) is 49.8 Å². The number of methoxy groups -OCH3 is 3. The molecule has 1 atom stereocenters. The molecule has 0 saturated carbocycles. The van der Waals surface area contributed by atoms with E-state index in [9.17, 15) is 4.79 Å². The Morgan fingerprint density at radius 1 is 1.13 bits per heavy atom. The minimum Gasteiger partial charge on any atom is -0.497 e. The zero-order valence-corrected chi connectivity index (χ0v) is 14.4. The third kappa shape index (κ3) is 4.36. The molecule has 0 amide bonds. The molecule has 1 aliphatic heterocycles. The van der Waals surface area contributed by atoms with Gasteiger partial charge < -0.3 is 14.2 Å². The van der Waals surface area contributed by atoms with Gasteiger partial charge in [-0.25, -0.2) is 0 Å². The summed E-state index contributed by atoms with van der Waals surface area (Å²) in [7, 11) is 4.78. The summed E-state index contributed by atoms with van der Waals surface area (Å²) in [6.45, 7) is 6.21. The number of benzene rings is 1. The van der Waals surface area contributed by atoms with Crippen LogP contribution in [0.4, 0.5) is 0 Å². The van der Waals surface area contributed by atoms with Gasteiger partial charge in [-0.1, -0.05) is 0 Å². The Morgan fingerprint density at radius 2 is 1.83 bits per heavy atom. The van der Waals surface area contributed by atoms with Gasteiger partial charge in [0.1, 0.15) is 17.5 Å². The Bertz CT molecular complexity index is 527. The first-order chi connectivity index (χ1) is 11.1. The molecule has 0 bridgehead atoms. The van der Waals surface area contributed by atoms with Gasteiger partial charge in [0, 0.05) is 38.3 Å². The van der Waals surface area contributed by atoms with E-state index in [2.05, 4.69) is 9.80 Å². The molecule has 1 fully saturated rings. The topological polar surface area (TPSA) is 51.2 Å². The lowest BCUT2D eigenvalue weighted by Gasteiger charge is -2.37. The van der Waals surface area contributed by atoms with E-state index >= 15 is 0 Å². The molecule has 1 aliphatic rings. The summed E-state index contributed by atoms with van der Waals surface area (Å²) in [6, 6.07) is 5.66. The first kappa shape index (κ1) is 17.6.